The molecule has 0 aliphatic heterocycles. The van der Waals surface area contributed by atoms with Crippen LogP contribution in [0.25, 0.3) is 22.4 Å². The second-order valence-corrected chi connectivity index (χ2v) is 20.2. The number of aromatic nitrogens is 4. The molecule has 0 fully saturated rings. The lowest BCUT2D eigenvalue weighted by atomic mass is 10.0. The summed E-state index contributed by atoms with van der Waals surface area (Å²) in [5.41, 5.74) is -0.705. The van der Waals surface area contributed by atoms with E-state index in [4.69, 9.17) is 14.2 Å². The van der Waals surface area contributed by atoms with E-state index in [1.807, 2.05) is 0 Å². The van der Waals surface area contributed by atoms with Crippen LogP contribution in [0.15, 0.2) is 30.3 Å². The Balaban J connectivity index is 1.95. The molecule has 0 aliphatic rings. The van der Waals surface area contributed by atoms with Gasteiger partial charge in [0.2, 0.25) is 10.0 Å². The smallest absolute Gasteiger partial charge is 0.393 e. The number of ether oxygens (including phenoxy) is 3. The van der Waals surface area contributed by atoms with E-state index in [1.165, 1.54) is 20.2 Å². The van der Waals surface area contributed by atoms with Crippen molar-refractivity contribution in [2.45, 2.75) is 51.6 Å². The summed E-state index contributed by atoms with van der Waals surface area (Å²) >= 11 is 0. The maximum atomic E-state index is 15.1. The number of halogens is 4. The van der Waals surface area contributed by atoms with Crippen LogP contribution in [0.1, 0.15) is 21.6 Å². The third-order valence-corrected chi connectivity index (χ3v) is 10.5. The molecule has 19 heteroatoms. The van der Waals surface area contributed by atoms with Crippen molar-refractivity contribution in [2.24, 2.45) is 0 Å². The van der Waals surface area contributed by atoms with Crippen molar-refractivity contribution in [3.05, 3.63) is 53.0 Å². The molecule has 2 N–H and O–H groups in total. The van der Waals surface area contributed by atoms with Crippen LogP contribution in [0.5, 0.6) is 11.5 Å². The molecule has 0 unspecified atom stereocenters. The molecule has 13 nitrogen and oxygen atoms in total. The molecular weight excluding hydrogens is 705 g/mol. The molecule has 50 heavy (non-hydrogen) atoms. The van der Waals surface area contributed by atoms with Gasteiger partial charge in [-0.25, -0.2) is 32.3 Å². The van der Waals surface area contributed by atoms with E-state index in [0.29, 0.717) is 17.9 Å². The van der Waals surface area contributed by atoms with Crippen LogP contribution in [-0.2, 0) is 34.5 Å². The molecule has 0 radical (unpaired) electrons. The first kappa shape index (κ1) is 38.3. The Morgan fingerprint density at radius 2 is 1.78 bits per heavy atom. The topological polar surface area (TPSA) is 158 Å². The third-order valence-electron chi connectivity index (χ3n) is 7.58. The number of hydrogen-bond donors (Lipinski definition) is 2. The maximum Gasteiger partial charge on any atom is 0.393 e. The standard InChI is InChI=1S/C31H38F4N6O7SSi/c1-40(49(4,44)45)23-9-8-20(46-2)12-19(23)16-36-28-25-26(30(42)43)39-41(17-48-10-11-50(5,6)7)29(25)38-27(37-28)21-14-22(32)24(47-3)13-18(21)15-31(33,34)35/h8-9,12-14H,10-11,15-17H2,1-7H3,(H,42,43)(H,36,37,38). The lowest BCUT2D eigenvalue weighted by Crippen LogP contribution is -2.26. The van der Waals surface area contributed by atoms with Crippen LogP contribution < -0.4 is 19.1 Å². The minimum Gasteiger partial charge on any atom is -0.497 e. The molecule has 0 saturated carbocycles. The molecule has 2 heterocycles. The summed E-state index contributed by atoms with van der Waals surface area (Å²) < 4.78 is 99.4. The Kier molecular flexibility index (Phi) is 11.3. The number of hydrogen-bond acceptors (Lipinski definition) is 10. The van der Waals surface area contributed by atoms with Crippen molar-refractivity contribution in [2.75, 3.05) is 43.8 Å². The second kappa shape index (κ2) is 14.8. The Morgan fingerprint density at radius 1 is 1.08 bits per heavy atom. The molecule has 272 valence electrons. The van der Waals surface area contributed by atoms with E-state index < -0.39 is 59.5 Å². The van der Waals surface area contributed by atoms with E-state index in [0.717, 1.165) is 40.5 Å². The molecule has 4 rings (SSSR count). The molecule has 0 spiro atoms. The van der Waals surface area contributed by atoms with Gasteiger partial charge in [0.05, 0.1) is 38.0 Å². The Labute approximate surface area is 287 Å². The molecule has 2 aromatic heterocycles. The van der Waals surface area contributed by atoms with Gasteiger partial charge >= 0.3 is 12.1 Å². The quantitative estimate of drug-likeness (QED) is 0.0865. The van der Waals surface area contributed by atoms with Crippen LogP contribution in [0.4, 0.5) is 29.1 Å². The van der Waals surface area contributed by atoms with Gasteiger partial charge in [0.15, 0.2) is 28.7 Å². The largest absolute Gasteiger partial charge is 0.497 e. The van der Waals surface area contributed by atoms with E-state index in [2.05, 4.69) is 40.0 Å². The normalized spacial score (nSPS) is 12.3. The molecule has 0 saturated heterocycles. The predicted molar refractivity (Wildman–Crippen MR) is 182 cm³/mol. The predicted octanol–water partition coefficient (Wildman–Crippen LogP) is 5.77. The highest BCUT2D eigenvalue weighted by atomic mass is 32.2. The van der Waals surface area contributed by atoms with Crippen LogP contribution in [0.3, 0.4) is 0 Å². The van der Waals surface area contributed by atoms with E-state index in [-0.39, 0.29) is 47.2 Å². The highest BCUT2D eigenvalue weighted by Crippen LogP contribution is 2.36. The van der Waals surface area contributed by atoms with Gasteiger partial charge in [-0.05, 0) is 47.5 Å². The first-order valence-corrected chi connectivity index (χ1v) is 20.7. The average molecular weight is 743 g/mol. The van der Waals surface area contributed by atoms with Gasteiger partial charge in [-0.2, -0.15) is 18.3 Å². The van der Waals surface area contributed by atoms with Crippen molar-refractivity contribution >= 4 is 46.6 Å². The summed E-state index contributed by atoms with van der Waals surface area (Å²) in [6, 6.07) is 7.12. The fourth-order valence-electron chi connectivity index (χ4n) is 4.91. The number of aromatic carboxylic acids is 1. The number of nitrogens with zero attached hydrogens (tertiary/aromatic N) is 5. The average Bonchev–Trinajstić information content (AvgIpc) is 3.39. The molecule has 0 aliphatic carbocycles. The number of sulfonamides is 1. The number of carboxylic acid groups (broad SMARTS) is 1. The monoisotopic (exact) mass is 742 g/mol. The lowest BCUT2D eigenvalue weighted by molar-refractivity contribution is -0.127. The van der Waals surface area contributed by atoms with Gasteiger partial charge in [0, 0.05) is 33.8 Å². The summed E-state index contributed by atoms with van der Waals surface area (Å²) in [7, 11) is -1.36. The first-order valence-electron chi connectivity index (χ1n) is 15.1. The van der Waals surface area contributed by atoms with Crippen LogP contribution in [-0.4, -0.2) is 87.6 Å². The highest BCUT2D eigenvalue weighted by molar-refractivity contribution is 7.92. The molecule has 0 atom stereocenters. The maximum absolute atomic E-state index is 15.1. The van der Waals surface area contributed by atoms with Crippen molar-refractivity contribution in [3.8, 4) is 22.9 Å². The molecule has 0 bridgehead atoms. The summed E-state index contributed by atoms with van der Waals surface area (Å²) in [5, 5.41) is 17.2. The number of nitrogens with one attached hydrogen (secondary N) is 1. The summed E-state index contributed by atoms with van der Waals surface area (Å²) in [6.07, 6.45) is -5.17. The Hall–Kier alpha value is -4.49. The van der Waals surface area contributed by atoms with Gasteiger partial charge < -0.3 is 24.6 Å². The fraction of sp³-hybridized carbons (Fsp3) is 0.419. The van der Waals surface area contributed by atoms with Crippen molar-refractivity contribution in [3.63, 3.8) is 0 Å². The SMILES string of the molecule is COc1ccc(N(C)S(C)(=O)=O)c(CNc2nc(-c3cc(F)c(OC)cc3CC(F)(F)F)nc3c2c(C(=O)O)nn3COCC[Si](C)(C)C)c1. The van der Waals surface area contributed by atoms with Crippen LogP contribution in [0.2, 0.25) is 25.7 Å². The number of carbonyl (C=O) groups is 1. The zero-order chi connectivity index (χ0) is 37.2. The lowest BCUT2D eigenvalue weighted by Gasteiger charge is -2.21. The zero-order valence-corrected chi connectivity index (χ0v) is 30.3. The number of anilines is 2. The minimum atomic E-state index is -4.71. The van der Waals surface area contributed by atoms with Gasteiger partial charge in [0.1, 0.15) is 18.3 Å². The first-order chi connectivity index (χ1) is 23.2. The summed E-state index contributed by atoms with van der Waals surface area (Å²) in [4.78, 5) is 21.3. The minimum absolute atomic E-state index is 0.109. The van der Waals surface area contributed by atoms with Crippen molar-refractivity contribution in [1.29, 1.82) is 0 Å². The van der Waals surface area contributed by atoms with Gasteiger partial charge in [0.25, 0.3) is 0 Å². The second-order valence-electron chi connectivity index (χ2n) is 12.6. The molecule has 4 aromatic rings. The van der Waals surface area contributed by atoms with Crippen LogP contribution in [0, 0.1) is 5.82 Å². The Morgan fingerprint density at radius 3 is 2.36 bits per heavy atom. The number of fused-ring (bicyclic) bond motifs is 1. The fourth-order valence-corrected chi connectivity index (χ4v) is 6.20. The number of carboxylic acids is 1. The van der Waals surface area contributed by atoms with Crippen molar-refractivity contribution in [1.82, 2.24) is 19.7 Å². The van der Waals surface area contributed by atoms with E-state index in [1.54, 1.807) is 12.1 Å². The number of benzene rings is 2. The summed E-state index contributed by atoms with van der Waals surface area (Å²) in [6.45, 7) is 6.33. The number of alkyl halides is 3. The van der Waals surface area contributed by atoms with Crippen LogP contribution >= 0.6 is 0 Å². The van der Waals surface area contributed by atoms with E-state index in [9.17, 15) is 31.5 Å². The summed E-state index contributed by atoms with van der Waals surface area (Å²) in [5.74, 6) is -3.04. The Bertz CT molecular complexity index is 2000. The van der Waals surface area contributed by atoms with Gasteiger partial charge in [-0.1, -0.05) is 19.6 Å². The number of methoxy groups -OCH3 is 2. The molecular formula is C31H38F4N6O7SSi. The zero-order valence-electron chi connectivity index (χ0n) is 28.5. The molecule has 0 amide bonds. The third kappa shape index (κ3) is 9.19. The van der Waals surface area contributed by atoms with Crippen molar-refractivity contribution < 1.29 is 50.1 Å². The molecule has 2 aromatic carbocycles. The van der Waals surface area contributed by atoms with Gasteiger partial charge in [-0.3, -0.25) is 4.31 Å². The number of rotatable bonds is 15. The highest BCUT2D eigenvalue weighted by Gasteiger charge is 2.32. The van der Waals surface area contributed by atoms with E-state index >= 15 is 4.39 Å². The van der Waals surface area contributed by atoms with Gasteiger partial charge in [-0.15, -0.1) is 0 Å².